The highest BCUT2D eigenvalue weighted by atomic mass is 16.2. The van der Waals surface area contributed by atoms with E-state index in [1.54, 1.807) is 20.8 Å². The van der Waals surface area contributed by atoms with Crippen LogP contribution in [0.25, 0.3) is 0 Å². The molecule has 6 heteroatoms. The van der Waals surface area contributed by atoms with Crippen LogP contribution in [-0.4, -0.2) is 37.0 Å². The lowest BCUT2D eigenvalue weighted by Crippen LogP contribution is -2.46. The second-order valence-electron chi connectivity index (χ2n) is 6.61. The van der Waals surface area contributed by atoms with E-state index >= 15 is 0 Å². The molecule has 1 fully saturated rings. The van der Waals surface area contributed by atoms with Crippen LogP contribution in [0.3, 0.4) is 0 Å². The molecule has 1 heterocycles. The van der Waals surface area contributed by atoms with Crippen molar-refractivity contribution < 1.29 is 9.59 Å². The van der Waals surface area contributed by atoms with Gasteiger partial charge in [0.1, 0.15) is 6.04 Å². The summed E-state index contributed by atoms with van der Waals surface area (Å²) in [6, 6.07) is 6.95. The number of nitrogens with two attached hydrogens (primary N) is 1. The number of anilines is 2. The summed E-state index contributed by atoms with van der Waals surface area (Å²) in [5.41, 5.74) is 7.58. The van der Waals surface area contributed by atoms with E-state index in [9.17, 15) is 9.59 Å². The molecule has 0 aromatic heterocycles. The molecule has 4 N–H and O–H groups in total. The first-order chi connectivity index (χ1) is 11.4. The van der Waals surface area contributed by atoms with Crippen LogP contribution in [0.5, 0.6) is 0 Å². The molecule has 1 aliphatic rings. The molecule has 1 aromatic rings. The van der Waals surface area contributed by atoms with Crippen LogP contribution in [0.1, 0.15) is 33.6 Å². The van der Waals surface area contributed by atoms with Crippen LogP contribution < -0.4 is 21.3 Å². The fraction of sp³-hybridized carbons (Fsp3) is 0.556. The predicted octanol–water partition coefficient (Wildman–Crippen LogP) is 1.71. The van der Waals surface area contributed by atoms with Crippen LogP contribution in [0.4, 0.5) is 11.4 Å². The van der Waals surface area contributed by atoms with E-state index in [0.29, 0.717) is 0 Å². The number of rotatable bonds is 6. The first-order valence-electron chi connectivity index (χ1n) is 8.60. The fourth-order valence-electron chi connectivity index (χ4n) is 2.66. The van der Waals surface area contributed by atoms with Gasteiger partial charge in [-0.2, -0.15) is 0 Å². The summed E-state index contributed by atoms with van der Waals surface area (Å²) >= 11 is 0. The molecule has 0 bridgehead atoms. The molecule has 0 saturated carbocycles. The van der Waals surface area contributed by atoms with Gasteiger partial charge in [-0.3, -0.25) is 9.59 Å². The van der Waals surface area contributed by atoms with Gasteiger partial charge in [0, 0.05) is 36.4 Å². The zero-order valence-electron chi connectivity index (χ0n) is 14.7. The largest absolute Gasteiger partial charge is 0.371 e. The van der Waals surface area contributed by atoms with E-state index < -0.39 is 6.04 Å². The van der Waals surface area contributed by atoms with Crippen molar-refractivity contribution in [2.24, 2.45) is 11.7 Å². The van der Waals surface area contributed by atoms with Gasteiger partial charge in [0.05, 0.1) is 0 Å². The van der Waals surface area contributed by atoms with Crippen molar-refractivity contribution in [3.63, 3.8) is 0 Å². The molecule has 1 aromatic carbocycles. The van der Waals surface area contributed by atoms with Crippen molar-refractivity contribution in [1.29, 1.82) is 0 Å². The molecule has 1 saturated heterocycles. The average molecular weight is 332 g/mol. The van der Waals surface area contributed by atoms with Crippen LogP contribution in [0.15, 0.2) is 24.3 Å². The quantitative estimate of drug-likeness (QED) is 0.740. The standard InChI is InChI=1S/C18H28N4O2/c1-12(13(2)19)17(23)20-14(3)18(24)21-15-7-6-8-16(11-15)22-9-4-5-10-22/h6-8,11-14H,4-5,9-10,19H2,1-3H3,(H,20,23)(H,21,24). The van der Waals surface area contributed by atoms with Crippen molar-refractivity contribution in [3.05, 3.63) is 24.3 Å². The SMILES string of the molecule is CC(NC(=O)C(C)C(C)N)C(=O)Nc1cccc(N2CCCC2)c1. The number of nitrogens with zero attached hydrogens (tertiary/aromatic N) is 1. The maximum atomic E-state index is 12.3. The van der Waals surface area contributed by atoms with E-state index in [2.05, 4.69) is 21.6 Å². The molecule has 0 spiro atoms. The Bertz CT molecular complexity index is 582. The molecule has 0 aliphatic carbocycles. The van der Waals surface area contributed by atoms with Crippen LogP contribution in [-0.2, 0) is 9.59 Å². The third-order valence-electron chi connectivity index (χ3n) is 4.54. The Morgan fingerprint density at radius 1 is 1.12 bits per heavy atom. The maximum Gasteiger partial charge on any atom is 0.246 e. The van der Waals surface area contributed by atoms with E-state index in [4.69, 9.17) is 5.73 Å². The lowest BCUT2D eigenvalue weighted by Gasteiger charge is -2.20. The summed E-state index contributed by atoms with van der Waals surface area (Å²) < 4.78 is 0. The molecule has 2 amide bonds. The summed E-state index contributed by atoms with van der Waals surface area (Å²) in [6.07, 6.45) is 2.41. The van der Waals surface area contributed by atoms with Gasteiger partial charge in [-0.25, -0.2) is 0 Å². The lowest BCUT2D eigenvalue weighted by atomic mass is 10.0. The van der Waals surface area contributed by atoms with Gasteiger partial charge in [0.2, 0.25) is 11.8 Å². The molecule has 132 valence electrons. The van der Waals surface area contributed by atoms with E-state index in [1.807, 2.05) is 18.2 Å². The number of hydrogen-bond acceptors (Lipinski definition) is 4. The van der Waals surface area contributed by atoms with Gasteiger partial charge in [-0.15, -0.1) is 0 Å². The highest BCUT2D eigenvalue weighted by molar-refractivity contribution is 5.97. The Kier molecular flexibility index (Phi) is 6.20. The van der Waals surface area contributed by atoms with Crippen LogP contribution >= 0.6 is 0 Å². The number of amides is 2. The molecular formula is C18H28N4O2. The smallest absolute Gasteiger partial charge is 0.246 e. The number of nitrogens with one attached hydrogen (secondary N) is 2. The van der Waals surface area contributed by atoms with Crippen molar-refractivity contribution in [3.8, 4) is 0 Å². The molecule has 3 atom stereocenters. The van der Waals surface area contributed by atoms with Gasteiger partial charge in [0.25, 0.3) is 0 Å². The number of benzene rings is 1. The third-order valence-corrected chi connectivity index (χ3v) is 4.54. The molecule has 6 nitrogen and oxygen atoms in total. The normalized spacial score (nSPS) is 17.9. The van der Waals surface area contributed by atoms with E-state index in [1.165, 1.54) is 12.8 Å². The minimum absolute atomic E-state index is 0.210. The van der Waals surface area contributed by atoms with Gasteiger partial charge in [0.15, 0.2) is 0 Å². The van der Waals surface area contributed by atoms with Gasteiger partial charge < -0.3 is 21.3 Å². The molecule has 3 unspecified atom stereocenters. The lowest BCUT2D eigenvalue weighted by molar-refractivity contribution is -0.128. The van der Waals surface area contributed by atoms with Crippen molar-refractivity contribution in [1.82, 2.24) is 5.32 Å². The fourth-order valence-corrected chi connectivity index (χ4v) is 2.66. The second kappa shape index (κ2) is 8.15. The predicted molar refractivity (Wildman–Crippen MR) is 96.9 cm³/mol. The highest BCUT2D eigenvalue weighted by Crippen LogP contribution is 2.23. The topological polar surface area (TPSA) is 87.5 Å². The first-order valence-corrected chi connectivity index (χ1v) is 8.60. The first kappa shape index (κ1) is 18.3. The number of carbonyl (C=O) groups is 2. The monoisotopic (exact) mass is 332 g/mol. The van der Waals surface area contributed by atoms with E-state index in [0.717, 1.165) is 24.5 Å². The summed E-state index contributed by atoms with van der Waals surface area (Å²) in [6.45, 7) is 7.31. The molecular weight excluding hydrogens is 304 g/mol. The van der Waals surface area contributed by atoms with Crippen LogP contribution in [0.2, 0.25) is 0 Å². The van der Waals surface area contributed by atoms with Gasteiger partial charge in [-0.1, -0.05) is 13.0 Å². The summed E-state index contributed by atoms with van der Waals surface area (Å²) in [5.74, 6) is -0.781. The Morgan fingerprint density at radius 2 is 1.79 bits per heavy atom. The summed E-state index contributed by atoms with van der Waals surface area (Å²) in [5, 5.41) is 5.58. The minimum Gasteiger partial charge on any atom is -0.371 e. The van der Waals surface area contributed by atoms with Crippen LogP contribution in [0, 0.1) is 5.92 Å². The zero-order chi connectivity index (χ0) is 17.7. The Hall–Kier alpha value is -2.08. The van der Waals surface area contributed by atoms with Crippen molar-refractivity contribution in [2.75, 3.05) is 23.3 Å². The van der Waals surface area contributed by atoms with Gasteiger partial charge >= 0.3 is 0 Å². The van der Waals surface area contributed by atoms with Crippen molar-refractivity contribution >= 4 is 23.2 Å². The molecule has 24 heavy (non-hydrogen) atoms. The Morgan fingerprint density at radius 3 is 2.42 bits per heavy atom. The Labute approximate surface area is 143 Å². The average Bonchev–Trinajstić information content (AvgIpc) is 3.08. The number of hydrogen-bond donors (Lipinski definition) is 3. The minimum atomic E-state index is -0.617. The maximum absolute atomic E-state index is 12.3. The molecule has 1 aliphatic heterocycles. The summed E-state index contributed by atoms with van der Waals surface area (Å²) in [7, 11) is 0. The number of carbonyl (C=O) groups excluding carboxylic acids is 2. The highest BCUT2D eigenvalue weighted by Gasteiger charge is 2.22. The molecule has 0 radical (unpaired) electrons. The van der Waals surface area contributed by atoms with E-state index in [-0.39, 0.29) is 23.8 Å². The zero-order valence-corrected chi connectivity index (χ0v) is 14.7. The van der Waals surface area contributed by atoms with Gasteiger partial charge in [-0.05, 0) is 44.9 Å². The third kappa shape index (κ3) is 4.71. The summed E-state index contributed by atoms with van der Waals surface area (Å²) in [4.78, 5) is 26.6. The molecule has 2 rings (SSSR count). The van der Waals surface area contributed by atoms with Crippen molar-refractivity contribution in [2.45, 2.75) is 45.7 Å². The Balaban J connectivity index is 1.93. The second-order valence-corrected chi connectivity index (χ2v) is 6.61.